The molecule has 102 valence electrons. The Kier molecular flexibility index (Phi) is 4.77. The third kappa shape index (κ3) is 3.37. The lowest BCUT2D eigenvalue weighted by Gasteiger charge is -2.06. The Bertz CT molecular complexity index is 728. The summed E-state index contributed by atoms with van der Waals surface area (Å²) in [6, 6.07) is 10.7. The van der Waals surface area contributed by atoms with E-state index in [1.165, 1.54) is 24.3 Å². The molecule has 0 aromatic heterocycles. The van der Waals surface area contributed by atoms with Gasteiger partial charge in [-0.15, -0.1) is 0 Å². The Morgan fingerprint density at radius 1 is 1.15 bits per heavy atom. The third-order valence-corrected chi connectivity index (χ3v) is 4.62. The summed E-state index contributed by atoms with van der Waals surface area (Å²) in [5.41, 5.74) is 1.10. The van der Waals surface area contributed by atoms with Gasteiger partial charge >= 0.3 is 0 Å². The molecule has 0 radical (unpaired) electrons. The molecule has 1 unspecified atom stereocenters. The van der Waals surface area contributed by atoms with E-state index in [2.05, 4.69) is 0 Å². The number of halogens is 3. The Labute approximate surface area is 128 Å². The molecule has 0 N–H and O–H groups in total. The Morgan fingerprint density at radius 2 is 1.90 bits per heavy atom. The van der Waals surface area contributed by atoms with Crippen molar-refractivity contribution in [3.63, 3.8) is 0 Å². The summed E-state index contributed by atoms with van der Waals surface area (Å²) in [4.78, 5) is 0.428. The fraction of sp³-hybridized carbons (Fsp3) is 0.0714. The predicted molar refractivity (Wildman–Crippen MR) is 77.7 cm³/mol. The van der Waals surface area contributed by atoms with Crippen LogP contribution in [0, 0.1) is 17.1 Å². The summed E-state index contributed by atoms with van der Waals surface area (Å²) in [5.74, 6) is -0.379. The van der Waals surface area contributed by atoms with Crippen molar-refractivity contribution in [1.82, 2.24) is 0 Å². The maximum absolute atomic E-state index is 13.1. The molecule has 0 heterocycles. The molecule has 6 heteroatoms. The molecule has 2 nitrogen and oxygen atoms in total. The average molecular weight is 328 g/mol. The minimum absolute atomic E-state index is 0.0678. The van der Waals surface area contributed by atoms with Gasteiger partial charge in [0.1, 0.15) is 5.82 Å². The average Bonchev–Trinajstić information content (AvgIpc) is 2.43. The van der Waals surface area contributed by atoms with Crippen LogP contribution in [-0.4, -0.2) is 4.21 Å². The lowest BCUT2D eigenvalue weighted by atomic mass is 10.2. The van der Waals surface area contributed by atoms with Gasteiger partial charge in [-0.2, -0.15) is 5.26 Å². The highest BCUT2D eigenvalue weighted by Gasteiger charge is 2.11. The van der Waals surface area contributed by atoms with Crippen LogP contribution >= 0.6 is 23.2 Å². The molecular weight excluding hydrogens is 320 g/mol. The normalized spacial score (nSPS) is 11.9. The lowest BCUT2D eigenvalue weighted by Crippen LogP contribution is -1.98. The van der Waals surface area contributed by atoms with Crippen molar-refractivity contribution in [2.75, 3.05) is 0 Å². The van der Waals surface area contributed by atoms with Gasteiger partial charge in [-0.05, 0) is 35.9 Å². The highest BCUT2D eigenvalue weighted by Crippen LogP contribution is 2.23. The maximum Gasteiger partial charge on any atom is 0.141 e. The number of rotatable bonds is 3. The molecule has 0 aliphatic heterocycles. The standard InChI is InChI=1S/C14H8Cl2FNOS/c15-12-5-9(7-18)1-2-10(12)8-20(19)11-3-4-14(17)13(16)6-11/h1-6H,8H2. The van der Waals surface area contributed by atoms with E-state index in [9.17, 15) is 8.60 Å². The summed E-state index contributed by atoms with van der Waals surface area (Å²) < 4.78 is 25.2. The predicted octanol–water partition coefficient (Wildman–Crippen LogP) is 4.31. The monoisotopic (exact) mass is 327 g/mol. The number of hydrogen-bond acceptors (Lipinski definition) is 2. The van der Waals surface area contributed by atoms with Gasteiger partial charge in [-0.3, -0.25) is 4.21 Å². The van der Waals surface area contributed by atoms with E-state index in [1.807, 2.05) is 6.07 Å². The van der Waals surface area contributed by atoms with Crippen LogP contribution in [-0.2, 0) is 16.6 Å². The van der Waals surface area contributed by atoms with Crippen LogP contribution in [0.1, 0.15) is 11.1 Å². The number of nitrogens with zero attached hydrogens (tertiary/aromatic N) is 1. The molecular formula is C14H8Cl2FNOS. The van der Waals surface area contributed by atoms with Crippen LogP contribution in [0.3, 0.4) is 0 Å². The van der Waals surface area contributed by atoms with Crippen molar-refractivity contribution in [2.24, 2.45) is 0 Å². The first-order valence-electron chi connectivity index (χ1n) is 5.53. The SMILES string of the molecule is N#Cc1ccc(CS(=O)c2ccc(F)c(Cl)c2)c(Cl)c1. The molecule has 0 bridgehead atoms. The van der Waals surface area contributed by atoms with Crippen molar-refractivity contribution >= 4 is 34.0 Å². The van der Waals surface area contributed by atoms with E-state index in [4.69, 9.17) is 28.5 Å². The fourth-order valence-corrected chi connectivity index (χ4v) is 3.32. The number of hydrogen-bond donors (Lipinski definition) is 0. The molecule has 0 spiro atoms. The zero-order chi connectivity index (χ0) is 14.7. The van der Waals surface area contributed by atoms with Gasteiger partial charge in [-0.25, -0.2) is 4.39 Å². The van der Waals surface area contributed by atoms with Gasteiger partial charge in [0, 0.05) is 9.92 Å². The summed E-state index contributed by atoms with van der Waals surface area (Å²) in [6.07, 6.45) is 0. The maximum atomic E-state index is 13.1. The van der Waals surface area contributed by atoms with Crippen LogP contribution in [0.25, 0.3) is 0 Å². The third-order valence-electron chi connectivity index (χ3n) is 2.62. The molecule has 2 aromatic rings. The van der Waals surface area contributed by atoms with E-state index < -0.39 is 16.6 Å². The number of benzene rings is 2. The first kappa shape index (κ1) is 15.0. The van der Waals surface area contributed by atoms with Crippen LogP contribution in [0.2, 0.25) is 10.0 Å². The molecule has 0 saturated carbocycles. The first-order valence-corrected chi connectivity index (χ1v) is 7.60. The van der Waals surface area contributed by atoms with E-state index >= 15 is 0 Å². The largest absolute Gasteiger partial charge is 0.254 e. The Morgan fingerprint density at radius 3 is 2.50 bits per heavy atom. The molecule has 0 fully saturated rings. The van der Waals surface area contributed by atoms with Crippen LogP contribution < -0.4 is 0 Å². The molecule has 1 atom stereocenters. The molecule has 0 aliphatic rings. The van der Waals surface area contributed by atoms with Gasteiger partial charge in [0.15, 0.2) is 0 Å². The molecule has 0 amide bonds. The van der Waals surface area contributed by atoms with Crippen molar-refractivity contribution in [1.29, 1.82) is 5.26 Å². The number of nitriles is 1. The topological polar surface area (TPSA) is 40.9 Å². The zero-order valence-electron chi connectivity index (χ0n) is 10.1. The minimum Gasteiger partial charge on any atom is -0.254 e. The highest BCUT2D eigenvalue weighted by molar-refractivity contribution is 7.84. The van der Waals surface area contributed by atoms with E-state index in [-0.39, 0.29) is 10.8 Å². The van der Waals surface area contributed by atoms with Crippen LogP contribution in [0.5, 0.6) is 0 Å². The van der Waals surface area contributed by atoms with Gasteiger partial charge in [0.25, 0.3) is 0 Å². The second kappa shape index (κ2) is 6.36. The van der Waals surface area contributed by atoms with Crippen molar-refractivity contribution in [3.05, 3.63) is 63.4 Å². The second-order valence-electron chi connectivity index (χ2n) is 3.98. The Balaban J connectivity index is 2.23. The highest BCUT2D eigenvalue weighted by atomic mass is 35.5. The van der Waals surface area contributed by atoms with Gasteiger partial charge < -0.3 is 0 Å². The first-order chi connectivity index (χ1) is 9.51. The summed E-state index contributed by atoms with van der Waals surface area (Å²) in [7, 11) is -1.39. The van der Waals surface area contributed by atoms with E-state index in [1.54, 1.807) is 12.1 Å². The molecule has 20 heavy (non-hydrogen) atoms. The molecule has 0 aliphatic carbocycles. The lowest BCUT2D eigenvalue weighted by molar-refractivity contribution is 0.626. The van der Waals surface area contributed by atoms with Crippen molar-refractivity contribution in [3.8, 4) is 6.07 Å². The summed E-state index contributed by atoms with van der Waals surface area (Å²) in [6.45, 7) is 0. The minimum atomic E-state index is -1.39. The van der Waals surface area contributed by atoms with Crippen molar-refractivity contribution < 1.29 is 8.60 Å². The molecule has 2 rings (SSSR count). The van der Waals surface area contributed by atoms with Crippen molar-refractivity contribution in [2.45, 2.75) is 10.6 Å². The molecule has 0 saturated heterocycles. The van der Waals surface area contributed by atoms with Gasteiger partial charge in [0.05, 0.1) is 33.2 Å². The fourth-order valence-electron chi connectivity index (χ4n) is 1.58. The quantitative estimate of drug-likeness (QED) is 0.842. The van der Waals surface area contributed by atoms with E-state index in [0.29, 0.717) is 21.0 Å². The zero-order valence-corrected chi connectivity index (χ0v) is 12.4. The van der Waals surface area contributed by atoms with Crippen LogP contribution in [0.15, 0.2) is 41.3 Å². The summed E-state index contributed by atoms with van der Waals surface area (Å²) in [5, 5.41) is 9.06. The molecule has 2 aromatic carbocycles. The summed E-state index contributed by atoms with van der Waals surface area (Å²) >= 11 is 11.7. The van der Waals surface area contributed by atoms with Gasteiger partial charge in [0.2, 0.25) is 0 Å². The van der Waals surface area contributed by atoms with Crippen LogP contribution in [0.4, 0.5) is 4.39 Å². The smallest absolute Gasteiger partial charge is 0.141 e. The second-order valence-corrected chi connectivity index (χ2v) is 6.25. The Hall–Kier alpha value is -1.41. The van der Waals surface area contributed by atoms with Gasteiger partial charge in [-0.1, -0.05) is 29.3 Å². The van der Waals surface area contributed by atoms with E-state index in [0.717, 1.165) is 0 Å².